The molecule has 0 fully saturated rings. The molecule has 1 aliphatic rings. The van der Waals surface area contributed by atoms with E-state index in [2.05, 4.69) is 0 Å². The zero-order valence-electron chi connectivity index (χ0n) is 12.0. The minimum Gasteiger partial charge on any atom is -0.494 e. The highest BCUT2D eigenvalue weighted by Crippen LogP contribution is 2.32. The van der Waals surface area contributed by atoms with Crippen LogP contribution in [-0.2, 0) is 7.05 Å². The van der Waals surface area contributed by atoms with Crippen LogP contribution in [-0.4, -0.2) is 27.2 Å². The third-order valence-electron chi connectivity index (χ3n) is 3.36. The van der Waals surface area contributed by atoms with Crippen LogP contribution in [0.2, 0.25) is 0 Å². The summed E-state index contributed by atoms with van der Waals surface area (Å²) in [4.78, 5) is 37.1. The highest BCUT2D eigenvalue weighted by molar-refractivity contribution is 6.08. The van der Waals surface area contributed by atoms with E-state index in [1.807, 2.05) is 4.98 Å². The lowest BCUT2D eigenvalue weighted by atomic mass is 10.1. The highest BCUT2D eigenvalue weighted by Gasteiger charge is 2.17. The summed E-state index contributed by atoms with van der Waals surface area (Å²) >= 11 is 0. The monoisotopic (exact) mass is 316 g/mol. The Hall–Kier alpha value is -3.29. The number of ketones is 1. The minimum atomic E-state index is -0.939. The van der Waals surface area contributed by atoms with Crippen molar-refractivity contribution in [1.82, 2.24) is 9.55 Å². The lowest BCUT2D eigenvalue weighted by molar-refractivity contribution is 0.104. The summed E-state index contributed by atoms with van der Waals surface area (Å²) in [7, 11) is 1.24. The molecule has 0 saturated carbocycles. The number of carbonyl (C=O) groups is 1. The van der Waals surface area contributed by atoms with Crippen molar-refractivity contribution in [2.45, 2.75) is 0 Å². The lowest BCUT2D eigenvalue weighted by Crippen LogP contribution is -2.32. The first kappa shape index (κ1) is 14.6. The van der Waals surface area contributed by atoms with E-state index in [0.29, 0.717) is 17.1 Å². The first-order chi connectivity index (χ1) is 11.0. The molecule has 0 spiro atoms. The van der Waals surface area contributed by atoms with Gasteiger partial charge in [-0.15, -0.1) is 0 Å². The molecule has 0 bridgehead atoms. The third kappa shape index (κ3) is 2.61. The van der Waals surface area contributed by atoms with Gasteiger partial charge in [-0.05, 0) is 23.8 Å². The van der Waals surface area contributed by atoms with Gasteiger partial charge < -0.3 is 14.6 Å². The molecule has 0 aliphatic carbocycles. The second-order valence-electron chi connectivity index (χ2n) is 4.83. The summed E-state index contributed by atoms with van der Waals surface area (Å²) in [6.07, 6.45) is 2.60. The van der Waals surface area contributed by atoms with Crippen molar-refractivity contribution in [2.75, 3.05) is 6.79 Å². The molecule has 1 aliphatic heterocycles. The number of fused-ring (bicyclic) bond motifs is 1. The number of H-pyrrole nitrogens is 1. The van der Waals surface area contributed by atoms with Crippen LogP contribution in [0.3, 0.4) is 0 Å². The largest absolute Gasteiger partial charge is 0.494 e. The molecule has 3 rings (SSSR count). The van der Waals surface area contributed by atoms with E-state index in [4.69, 9.17) is 9.47 Å². The smallest absolute Gasteiger partial charge is 0.330 e. The second kappa shape index (κ2) is 5.48. The van der Waals surface area contributed by atoms with Crippen LogP contribution in [0, 0.1) is 0 Å². The Kier molecular flexibility index (Phi) is 3.49. The van der Waals surface area contributed by atoms with Crippen LogP contribution in [0.25, 0.3) is 6.08 Å². The second-order valence-corrected chi connectivity index (χ2v) is 4.83. The molecule has 2 N–H and O–H groups in total. The van der Waals surface area contributed by atoms with Gasteiger partial charge in [0, 0.05) is 7.05 Å². The van der Waals surface area contributed by atoms with Crippen molar-refractivity contribution in [3.05, 3.63) is 56.2 Å². The molecule has 0 unspecified atom stereocenters. The molecule has 1 aromatic heterocycles. The van der Waals surface area contributed by atoms with Gasteiger partial charge in [-0.25, -0.2) is 4.79 Å². The van der Waals surface area contributed by atoms with E-state index >= 15 is 0 Å². The molecule has 0 amide bonds. The van der Waals surface area contributed by atoms with Crippen molar-refractivity contribution in [3.63, 3.8) is 0 Å². The molecular formula is C15H12N2O6. The van der Waals surface area contributed by atoms with Gasteiger partial charge in [0.15, 0.2) is 17.3 Å². The van der Waals surface area contributed by atoms with Gasteiger partial charge >= 0.3 is 5.69 Å². The van der Waals surface area contributed by atoms with E-state index in [9.17, 15) is 19.5 Å². The van der Waals surface area contributed by atoms with Crippen molar-refractivity contribution < 1.29 is 19.4 Å². The number of aromatic nitrogens is 2. The summed E-state index contributed by atoms with van der Waals surface area (Å²) in [5.74, 6) is -0.237. The number of aromatic amines is 1. The Balaban J connectivity index is 1.92. The average Bonchev–Trinajstić information content (AvgIpc) is 2.98. The van der Waals surface area contributed by atoms with Crippen LogP contribution < -0.4 is 20.7 Å². The molecule has 2 aromatic rings. The molecular weight excluding hydrogens is 304 g/mol. The molecule has 8 nitrogen and oxygen atoms in total. The predicted octanol–water partition coefficient (Wildman–Crippen LogP) is 0.404. The van der Waals surface area contributed by atoms with Gasteiger partial charge in [-0.1, -0.05) is 12.1 Å². The van der Waals surface area contributed by atoms with Gasteiger partial charge in [-0.3, -0.25) is 19.1 Å². The summed E-state index contributed by atoms with van der Waals surface area (Å²) in [6, 6.07) is 5.09. The number of carbonyl (C=O) groups excluding carboxylic acids is 1. The van der Waals surface area contributed by atoms with E-state index in [-0.39, 0.29) is 6.79 Å². The molecule has 8 heteroatoms. The first-order valence-corrected chi connectivity index (χ1v) is 6.61. The van der Waals surface area contributed by atoms with Gasteiger partial charge in [0.25, 0.3) is 5.56 Å². The number of rotatable bonds is 3. The molecule has 0 atom stereocenters. The number of hydrogen-bond donors (Lipinski definition) is 2. The van der Waals surface area contributed by atoms with Crippen molar-refractivity contribution >= 4 is 11.9 Å². The number of benzene rings is 1. The van der Waals surface area contributed by atoms with Crippen LogP contribution in [0.1, 0.15) is 15.9 Å². The Morgan fingerprint density at radius 3 is 2.83 bits per heavy atom. The number of ether oxygens (including phenoxy) is 2. The normalized spacial score (nSPS) is 12.7. The SMILES string of the molecule is Cn1c(O)c(C(=O)C=Cc2ccc3c(c2)OCO3)c(=O)[nH]c1=O. The van der Waals surface area contributed by atoms with Crippen LogP contribution in [0.15, 0.2) is 33.9 Å². The Labute approximate surface area is 129 Å². The molecule has 1 aromatic carbocycles. The van der Waals surface area contributed by atoms with E-state index in [1.165, 1.54) is 13.1 Å². The molecule has 118 valence electrons. The van der Waals surface area contributed by atoms with E-state index in [0.717, 1.165) is 10.6 Å². The van der Waals surface area contributed by atoms with Crippen LogP contribution >= 0.6 is 0 Å². The fourth-order valence-corrected chi connectivity index (χ4v) is 2.10. The maximum atomic E-state index is 12.1. The van der Waals surface area contributed by atoms with Crippen molar-refractivity contribution in [3.8, 4) is 17.4 Å². The molecule has 23 heavy (non-hydrogen) atoms. The number of allylic oxidation sites excluding steroid dienone is 1. The fraction of sp³-hybridized carbons (Fsp3) is 0.133. The van der Waals surface area contributed by atoms with Gasteiger partial charge in [0.05, 0.1) is 0 Å². The summed E-state index contributed by atoms with van der Waals surface area (Å²) in [5.41, 5.74) is -1.58. The molecule has 0 saturated heterocycles. The molecule has 2 heterocycles. The predicted molar refractivity (Wildman–Crippen MR) is 79.9 cm³/mol. The lowest BCUT2D eigenvalue weighted by Gasteiger charge is -2.04. The molecule has 0 radical (unpaired) electrons. The van der Waals surface area contributed by atoms with E-state index in [1.54, 1.807) is 18.2 Å². The van der Waals surface area contributed by atoms with Crippen molar-refractivity contribution in [2.24, 2.45) is 7.05 Å². The topological polar surface area (TPSA) is 111 Å². The van der Waals surface area contributed by atoms with Gasteiger partial charge in [-0.2, -0.15) is 0 Å². The van der Waals surface area contributed by atoms with Gasteiger partial charge in [0.2, 0.25) is 12.7 Å². The maximum absolute atomic E-state index is 12.1. The zero-order valence-corrected chi connectivity index (χ0v) is 12.0. The number of hydrogen-bond acceptors (Lipinski definition) is 6. The van der Waals surface area contributed by atoms with Crippen LogP contribution in [0.5, 0.6) is 17.4 Å². The number of aromatic hydroxyl groups is 1. The Morgan fingerprint density at radius 1 is 1.30 bits per heavy atom. The number of nitrogens with one attached hydrogen (secondary N) is 1. The Bertz CT molecular complexity index is 938. The average molecular weight is 316 g/mol. The zero-order chi connectivity index (χ0) is 16.6. The third-order valence-corrected chi connectivity index (χ3v) is 3.36. The van der Waals surface area contributed by atoms with Crippen LogP contribution in [0.4, 0.5) is 0 Å². The summed E-state index contributed by atoms with van der Waals surface area (Å²) in [6.45, 7) is 0.142. The highest BCUT2D eigenvalue weighted by atomic mass is 16.7. The minimum absolute atomic E-state index is 0.142. The summed E-state index contributed by atoms with van der Waals surface area (Å²) < 4.78 is 11.2. The van der Waals surface area contributed by atoms with Crippen molar-refractivity contribution in [1.29, 1.82) is 0 Å². The Morgan fingerprint density at radius 2 is 2.04 bits per heavy atom. The standard InChI is InChI=1S/C15H12N2O6/c1-17-14(20)12(13(19)16-15(17)21)9(18)4-2-8-3-5-10-11(6-8)23-7-22-10/h2-6,20H,7H2,1H3,(H,16,19,21). The van der Waals surface area contributed by atoms with Gasteiger partial charge in [0.1, 0.15) is 5.56 Å². The number of nitrogens with zero attached hydrogens (tertiary/aromatic N) is 1. The maximum Gasteiger partial charge on any atom is 0.330 e. The van der Waals surface area contributed by atoms with E-state index < -0.39 is 28.5 Å². The fourth-order valence-electron chi connectivity index (χ4n) is 2.10. The summed E-state index contributed by atoms with van der Waals surface area (Å²) in [5, 5.41) is 9.81. The quantitative estimate of drug-likeness (QED) is 0.626. The first-order valence-electron chi connectivity index (χ1n) is 6.61.